The van der Waals surface area contributed by atoms with E-state index in [-0.39, 0.29) is 28.8 Å². The number of benzene rings is 2. The first-order valence-corrected chi connectivity index (χ1v) is 12.1. The highest BCUT2D eigenvalue weighted by molar-refractivity contribution is 6.30. The van der Waals surface area contributed by atoms with Gasteiger partial charge in [0.2, 0.25) is 0 Å². The number of halogens is 1. The fraction of sp³-hybridized carbons (Fsp3) is 0.179. The Morgan fingerprint density at radius 3 is 2.29 bits per heavy atom. The van der Waals surface area contributed by atoms with E-state index in [4.69, 9.17) is 28.5 Å². The highest BCUT2D eigenvalue weighted by atomic mass is 35.5. The van der Waals surface area contributed by atoms with Gasteiger partial charge in [-0.25, -0.2) is 4.98 Å². The zero-order valence-corrected chi connectivity index (χ0v) is 21.0. The summed E-state index contributed by atoms with van der Waals surface area (Å²) in [5, 5.41) is 23.5. The van der Waals surface area contributed by atoms with Crippen molar-refractivity contribution in [2.24, 2.45) is 5.92 Å². The van der Waals surface area contributed by atoms with Crippen LogP contribution in [0.4, 0.5) is 11.5 Å². The molecule has 0 bridgehead atoms. The molecule has 1 aliphatic rings. The summed E-state index contributed by atoms with van der Waals surface area (Å²) in [6, 6.07) is 14.3. The molecule has 38 heavy (non-hydrogen) atoms. The van der Waals surface area contributed by atoms with E-state index in [1.54, 1.807) is 48.5 Å². The van der Waals surface area contributed by atoms with Crippen molar-refractivity contribution in [1.82, 2.24) is 9.88 Å². The standard InChI is InChI=1S/C28H24ClN5O4/c1-2-17-3-9-23(22(15-17)27(36)33-24-10-8-21(29)16-31-24)32-26(35)19-6-4-18(5-7-19)25(30)34-13-11-20(12-14-34)28(37)38/h1,3-10,15-16,20,30H,11-14H2,(H,32,35)(H,37,38)(H,31,33,36). The Bertz CT molecular complexity index is 1420. The lowest BCUT2D eigenvalue weighted by Gasteiger charge is -2.32. The molecule has 0 atom stereocenters. The van der Waals surface area contributed by atoms with E-state index in [2.05, 4.69) is 21.5 Å². The third kappa shape index (κ3) is 6.17. The molecule has 10 heteroatoms. The summed E-state index contributed by atoms with van der Waals surface area (Å²) >= 11 is 5.85. The molecular formula is C28H24ClN5O4. The number of amidine groups is 1. The number of piperidine rings is 1. The van der Waals surface area contributed by atoms with Gasteiger partial charge in [-0.3, -0.25) is 19.8 Å². The largest absolute Gasteiger partial charge is 0.481 e. The van der Waals surface area contributed by atoms with Crippen LogP contribution in [-0.4, -0.2) is 51.7 Å². The number of nitrogens with zero attached hydrogens (tertiary/aromatic N) is 2. The van der Waals surface area contributed by atoms with Crippen molar-refractivity contribution in [3.8, 4) is 12.3 Å². The van der Waals surface area contributed by atoms with E-state index in [0.717, 1.165) is 0 Å². The Hall–Kier alpha value is -4.68. The zero-order valence-electron chi connectivity index (χ0n) is 20.2. The number of pyridine rings is 1. The van der Waals surface area contributed by atoms with Crippen molar-refractivity contribution < 1.29 is 19.5 Å². The summed E-state index contributed by atoms with van der Waals surface area (Å²) in [7, 11) is 0. The number of anilines is 2. The van der Waals surface area contributed by atoms with Crippen molar-refractivity contribution in [1.29, 1.82) is 5.41 Å². The molecule has 1 saturated heterocycles. The normalized spacial score (nSPS) is 13.3. The number of likely N-dealkylation sites (tertiary alicyclic amines) is 1. The van der Waals surface area contributed by atoms with Gasteiger partial charge < -0.3 is 20.6 Å². The summed E-state index contributed by atoms with van der Waals surface area (Å²) < 4.78 is 0. The van der Waals surface area contributed by atoms with Gasteiger partial charge in [0.05, 0.1) is 22.2 Å². The molecular weight excluding hydrogens is 506 g/mol. The van der Waals surface area contributed by atoms with Crippen molar-refractivity contribution in [3.05, 3.63) is 88.1 Å². The number of terminal acetylenes is 1. The molecule has 2 aromatic carbocycles. The van der Waals surface area contributed by atoms with Gasteiger partial charge >= 0.3 is 5.97 Å². The number of aliphatic carboxylic acids is 1. The Morgan fingerprint density at radius 1 is 1.00 bits per heavy atom. The van der Waals surface area contributed by atoms with Gasteiger partial charge in [0.1, 0.15) is 11.7 Å². The predicted octanol–water partition coefficient (Wildman–Crippen LogP) is 4.34. The molecule has 9 nitrogen and oxygen atoms in total. The van der Waals surface area contributed by atoms with E-state index in [1.807, 2.05) is 4.90 Å². The number of hydrogen-bond acceptors (Lipinski definition) is 5. The van der Waals surface area contributed by atoms with Crippen LogP contribution in [0, 0.1) is 23.7 Å². The number of carbonyl (C=O) groups excluding carboxylic acids is 2. The molecule has 3 aromatic rings. The van der Waals surface area contributed by atoms with Crippen molar-refractivity contribution in [2.75, 3.05) is 23.7 Å². The molecule has 1 aliphatic heterocycles. The van der Waals surface area contributed by atoms with E-state index < -0.39 is 17.8 Å². The molecule has 192 valence electrons. The molecule has 0 unspecified atom stereocenters. The lowest BCUT2D eigenvalue weighted by molar-refractivity contribution is -0.143. The fourth-order valence-electron chi connectivity index (χ4n) is 4.07. The number of nitrogens with one attached hydrogen (secondary N) is 3. The molecule has 0 saturated carbocycles. The predicted molar refractivity (Wildman–Crippen MR) is 145 cm³/mol. The number of carbonyl (C=O) groups is 3. The van der Waals surface area contributed by atoms with Crippen LogP contribution in [0.25, 0.3) is 0 Å². The highest BCUT2D eigenvalue weighted by Crippen LogP contribution is 2.22. The molecule has 4 N–H and O–H groups in total. The van der Waals surface area contributed by atoms with Crippen LogP contribution in [0.1, 0.15) is 44.7 Å². The lowest BCUT2D eigenvalue weighted by atomic mass is 9.96. The first-order chi connectivity index (χ1) is 18.2. The second-order valence-electron chi connectivity index (χ2n) is 8.70. The molecule has 0 spiro atoms. The monoisotopic (exact) mass is 529 g/mol. The third-order valence-electron chi connectivity index (χ3n) is 6.23. The Balaban J connectivity index is 1.46. The van der Waals surface area contributed by atoms with Gasteiger partial charge in [-0.05, 0) is 55.3 Å². The average Bonchev–Trinajstić information content (AvgIpc) is 2.94. The summed E-state index contributed by atoms with van der Waals surface area (Å²) in [5.41, 5.74) is 1.84. The highest BCUT2D eigenvalue weighted by Gasteiger charge is 2.26. The minimum Gasteiger partial charge on any atom is -0.481 e. The Kier molecular flexibility index (Phi) is 8.04. The van der Waals surface area contributed by atoms with Crippen LogP contribution in [0.2, 0.25) is 5.02 Å². The van der Waals surface area contributed by atoms with E-state index >= 15 is 0 Å². The molecule has 4 rings (SSSR count). The van der Waals surface area contributed by atoms with Crippen LogP contribution in [0.3, 0.4) is 0 Å². The maximum atomic E-state index is 13.0. The summed E-state index contributed by atoms with van der Waals surface area (Å²) in [5.74, 6) is 0.900. The number of rotatable bonds is 6. The summed E-state index contributed by atoms with van der Waals surface area (Å²) in [6.45, 7) is 0.976. The maximum Gasteiger partial charge on any atom is 0.306 e. The van der Waals surface area contributed by atoms with E-state index in [9.17, 15) is 14.4 Å². The Morgan fingerprint density at radius 2 is 1.68 bits per heavy atom. The minimum atomic E-state index is -0.803. The molecule has 0 aliphatic carbocycles. The molecule has 2 amide bonds. The van der Waals surface area contributed by atoms with E-state index in [1.165, 1.54) is 12.3 Å². The van der Waals surface area contributed by atoms with Crippen molar-refractivity contribution in [2.45, 2.75) is 12.8 Å². The quantitative estimate of drug-likeness (QED) is 0.213. The molecule has 0 radical (unpaired) electrons. The average molecular weight is 530 g/mol. The van der Waals surface area contributed by atoms with Gasteiger partial charge in [0, 0.05) is 36.0 Å². The second-order valence-corrected chi connectivity index (χ2v) is 9.14. The van der Waals surface area contributed by atoms with Crippen molar-refractivity contribution >= 4 is 46.7 Å². The fourth-order valence-corrected chi connectivity index (χ4v) is 4.18. The SMILES string of the molecule is C#Cc1ccc(NC(=O)c2ccc(C(=N)N3CCC(C(=O)O)CC3)cc2)c(C(=O)Nc2ccc(Cl)cn2)c1. The molecule has 1 fully saturated rings. The second kappa shape index (κ2) is 11.6. The van der Waals surface area contributed by atoms with Crippen LogP contribution in [0.15, 0.2) is 60.8 Å². The number of aromatic nitrogens is 1. The maximum absolute atomic E-state index is 13.0. The van der Waals surface area contributed by atoms with Crippen LogP contribution < -0.4 is 10.6 Å². The lowest BCUT2D eigenvalue weighted by Crippen LogP contribution is -2.40. The molecule has 1 aromatic heterocycles. The summed E-state index contributed by atoms with van der Waals surface area (Å²) in [4.78, 5) is 43.0. The minimum absolute atomic E-state index is 0.161. The summed E-state index contributed by atoms with van der Waals surface area (Å²) in [6.07, 6.45) is 7.88. The third-order valence-corrected chi connectivity index (χ3v) is 6.45. The van der Waals surface area contributed by atoms with Gasteiger partial charge in [-0.15, -0.1) is 6.42 Å². The van der Waals surface area contributed by atoms with Crippen LogP contribution >= 0.6 is 11.6 Å². The van der Waals surface area contributed by atoms with Crippen LogP contribution in [-0.2, 0) is 4.79 Å². The van der Waals surface area contributed by atoms with Gasteiger partial charge in [0.15, 0.2) is 0 Å². The first-order valence-electron chi connectivity index (χ1n) is 11.8. The topological polar surface area (TPSA) is 135 Å². The number of carboxylic acids is 1. The number of amides is 2. The van der Waals surface area contributed by atoms with Crippen molar-refractivity contribution in [3.63, 3.8) is 0 Å². The first kappa shape index (κ1) is 26.4. The number of carboxylic acid groups (broad SMARTS) is 1. The van der Waals surface area contributed by atoms with Gasteiger partial charge in [0.25, 0.3) is 11.8 Å². The molecule has 2 heterocycles. The zero-order chi connectivity index (χ0) is 27.2. The van der Waals surface area contributed by atoms with Gasteiger partial charge in [-0.2, -0.15) is 0 Å². The van der Waals surface area contributed by atoms with E-state index in [0.29, 0.717) is 47.6 Å². The Labute approximate surface area is 224 Å². The number of hydrogen-bond donors (Lipinski definition) is 4. The smallest absolute Gasteiger partial charge is 0.306 e. The van der Waals surface area contributed by atoms with Crippen LogP contribution in [0.5, 0.6) is 0 Å². The van der Waals surface area contributed by atoms with Gasteiger partial charge in [-0.1, -0.05) is 29.7 Å².